The molecule has 3 atom stereocenters. The highest BCUT2D eigenvalue weighted by molar-refractivity contribution is 9.10. The van der Waals surface area contributed by atoms with Gasteiger partial charge in [0.05, 0.1) is 18.4 Å². The molecule has 2 aromatic carbocycles. The van der Waals surface area contributed by atoms with Crippen LogP contribution in [0.1, 0.15) is 48.4 Å². The molecular weight excluding hydrogens is 414 g/mol. The average Bonchev–Trinajstić information content (AvgIpc) is 2.68. The molecule has 1 saturated heterocycles. The molecule has 0 saturated carbocycles. The summed E-state index contributed by atoms with van der Waals surface area (Å²) in [5.41, 5.74) is 5.12. The molecule has 0 aromatic heterocycles. The monoisotopic (exact) mass is 435 g/mol. The van der Waals surface area contributed by atoms with Crippen LogP contribution in [0.3, 0.4) is 0 Å². The molecule has 138 valence electrons. The number of piperidine rings is 1. The third-order valence-electron chi connectivity index (χ3n) is 5.45. The summed E-state index contributed by atoms with van der Waals surface area (Å²) in [4.78, 5) is 2.42. The predicted molar refractivity (Wildman–Crippen MR) is 107 cm³/mol. The summed E-state index contributed by atoms with van der Waals surface area (Å²) in [6.45, 7) is 3.02. The van der Waals surface area contributed by atoms with Crippen LogP contribution in [0.2, 0.25) is 0 Å². The second-order valence-corrected chi connectivity index (χ2v) is 9.73. The van der Waals surface area contributed by atoms with Crippen molar-refractivity contribution in [2.24, 2.45) is 0 Å². The molecule has 2 aliphatic rings. The third kappa shape index (κ3) is 3.30. The van der Waals surface area contributed by atoms with Gasteiger partial charge < -0.3 is 4.90 Å². The Morgan fingerprint density at radius 3 is 2.58 bits per heavy atom. The van der Waals surface area contributed by atoms with Gasteiger partial charge in [0.2, 0.25) is 0 Å². The van der Waals surface area contributed by atoms with Gasteiger partial charge in [-0.25, -0.2) is 0 Å². The zero-order valence-electron chi connectivity index (χ0n) is 14.9. The first-order valence-corrected chi connectivity index (χ1v) is 11.5. The molecule has 26 heavy (non-hydrogen) atoms. The van der Waals surface area contributed by atoms with Crippen LogP contribution in [0, 0.1) is 0 Å². The summed E-state index contributed by atoms with van der Waals surface area (Å²) in [5.74, 6) is 0.276. The molecule has 0 radical (unpaired) electrons. The van der Waals surface area contributed by atoms with E-state index in [9.17, 15) is 8.42 Å². The molecule has 2 aliphatic heterocycles. The molecule has 4 rings (SSSR count). The van der Waals surface area contributed by atoms with Gasteiger partial charge in [0.1, 0.15) is 0 Å². The molecule has 0 bridgehead atoms. The lowest BCUT2D eigenvalue weighted by molar-refractivity contribution is 0.161. The first kappa shape index (κ1) is 18.0. The van der Waals surface area contributed by atoms with Crippen molar-refractivity contribution in [2.45, 2.75) is 37.8 Å². The predicted octanol–water partition coefficient (Wildman–Crippen LogP) is 4.60. The summed E-state index contributed by atoms with van der Waals surface area (Å²) in [7, 11) is -3.45. The van der Waals surface area contributed by atoms with Crippen LogP contribution >= 0.6 is 15.9 Å². The van der Waals surface area contributed by atoms with Gasteiger partial charge in [0.25, 0.3) is 10.1 Å². The van der Waals surface area contributed by atoms with Crippen LogP contribution in [0.4, 0.5) is 5.69 Å². The van der Waals surface area contributed by atoms with Crippen LogP contribution < -0.4 is 4.90 Å². The van der Waals surface area contributed by atoms with E-state index in [2.05, 4.69) is 70.2 Å². The highest BCUT2D eigenvalue weighted by Crippen LogP contribution is 2.47. The van der Waals surface area contributed by atoms with Crippen molar-refractivity contribution in [3.63, 3.8) is 0 Å². The Bertz CT molecular complexity index is 944. The van der Waals surface area contributed by atoms with E-state index >= 15 is 0 Å². The molecular formula is C20H22BrNO3S. The number of hydrogen-bond donors (Lipinski definition) is 0. The number of anilines is 1. The summed E-state index contributed by atoms with van der Waals surface area (Å²) < 4.78 is 29.7. The first-order chi connectivity index (χ1) is 12.3. The van der Waals surface area contributed by atoms with E-state index in [1.54, 1.807) is 0 Å². The SMILES string of the molecule is C[C@H]1c2ccccc2[C@@H]2C[C@H](OS(C)(=O)=O)CCN2c2ccc(Br)cc21. The van der Waals surface area contributed by atoms with Gasteiger partial charge in [-0.2, -0.15) is 8.42 Å². The van der Waals surface area contributed by atoms with Gasteiger partial charge in [0.15, 0.2) is 0 Å². The normalized spacial score (nSPS) is 25.0. The van der Waals surface area contributed by atoms with E-state index in [-0.39, 0.29) is 18.1 Å². The maximum absolute atomic E-state index is 11.6. The molecule has 6 heteroatoms. The van der Waals surface area contributed by atoms with Crippen LogP contribution in [-0.4, -0.2) is 27.3 Å². The number of hydrogen-bond acceptors (Lipinski definition) is 4. The van der Waals surface area contributed by atoms with Crippen molar-refractivity contribution in [2.75, 3.05) is 17.7 Å². The summed E-state index contributed by atoms with van der Waals surface area (Å²) in [5, 5.41) is 0. The standard InChI is InChI=1S/C20H22BrNO3S/c1-13-16-5-3-4-6-17(16)20-12-15(25-26(2,23)24)9-10-22(20)19-8-7-14(21)11-18(13)19/h3-8,11,13,15,20H,9-10,12H2,1-2H3/t13-,15+,20-/m0/s1. The quantitative estimate of drug-likeness (QED) is 0.646. The van der Waals surface area contributed by atoms with E-state index in [4.69, 9.17) is 4.18 Å². The molecule has 4 nitrogen and oxygen atoms in total. The highest BCUT2D eigenvalue weighted by atomic mass is 79.9. The number of benzene rings is 2. The summed E-state index contributed by atoms with van der Waals surface area (Å²) in [6.07, 6.45) is 2.24. The van der Waals surface area contributed by atoms with E-state index in [1.165, 1.54) is 22.4 Å². The van der Waals surface area contributed by atoms with Crippen LogP contribution in [0.5, 0.6) is 0 Å². The minimum absolute atomic E-state index is 0.122. The number of nitrogens with zero attached hydrogens (tertiary/aromatic N) is 1. The summed E-state index contributed by atoms with van der Waals surface area (Å²) >= 11 is 3.61. The molecule has 0 N–H and O–H groups in total. The molecule has 0 aliphatic carbocycles. The Hall–Kier alpha value is -1.37. The first-order valence-electron chi connectivity index (χ1n) is 8.86. The lowest BCUT2D eigenvalue weighted by atomic mass is 9.87. The number of fused-ring (bicyclic) bond motifs is 5. The van der Waals surface area contributed by atoms with E-state index < -0.39 is 10.1 Å². The maximum atomic E-state index is 11.6. The third-order valence-corrected chi connectivity index (χ3v) is 6.57. The average molecular weight is 436 g/mol. The van der Waals surface area contributed by atoms with Gasteiger partial charge in [-0.3, -0.25) is 4.18 Å². The minimum Gasteiger partial charge on any atom is -0.364 e. The molecule has 2 heterocycles. The second-order valence-electron chi connectivity index (χ2n) is 7.21. The van der Waals surface area contributed by atoms with Crippen molar-refractivity contribution in [3.8, 4) is 0 Å². The highest BCUT2D eigenvalue weighted by Gasteiger charge is 2.37. The van der Waals surface area contributed by atoms with Crippen LogP contribution in [-0.2, 0) is 14.3 Å². The Kier molecular flexibility index (Phi) is 4.61. The van der Waals surface area contributed by atoms with Crippen molar-refractivity contribution in [1.82, 2.24) is 0 Å². The zero-order valence-corrected chi connectivity index (χ0v) is 17.3. The van der Waals surface area contributed by atoms with Gasteiger partial charge in [0, 0.05) is 22.6 Å². The van der Waals surface area contributed by atoms with E-state index in [0.29, 0.717) is 12.8 Å². The van der Waals surface area contributed by atoms with Gasteiger partial charge >= 0.3 is 0 Å². The molecule has 0 unspecified atom stereocenters. The van der Waals surface area contributed by atoms with Gasteiger partial charge in [-0.05, 0) is 47.7 Å². The van der Waals surface area contributed by atoms with Gasteiger partial charge in [-0.15, -0.1) is 0 Å². The number of rotatable bonds is 2. The Morgan fingerprint density at radius 2 is 1.85 bits per heavy atom. The largest absolute Gasteiger partial charge is 0.364 e. The maximum Gasteiger partial charge on any atom is 0.264 e. The Labute approximate surface area is 163 Å². The Balaban J connectivity index is 1.82. The van der Waals surface area contributed by atoms with Crippen LogP contribution in [0.25, 0.3) is 0 Å². The summed E-state index contributed by atoms with van der Waals surface area (Å²) in [6, 6.07) is 15.1. The Morgan fingerprint density at radius 1 is 1.12 bits per heavy atom. The topological polar surface area (TPSA) is 46.6 Å². The van der Waals surface area contributed by atoms with E-state index in [0.717, 1.165) is 17.3 Å². The molecule has 1 fully saturated rings. The molecule has 0 spiro atoms. The lowest BCUT2D eigenvalue weighted by Crippen LogP contribution is -2.40. The fourth-order valence-corrected chi connectivity index (χ4v) is 5.41. The van der Waals surface area contributed by atoms with Crippen molar-refractivity contribution < 1.29 is 12.6 Å². The fraction of sp³-hybridized carbons (Fsp3) is 0.400. The van der Waals surface area contributed by atoms with Crippen molar-refractivity contribution >= 4 is 31.7 Å². The fourth-order valence-electron chi connectivity index (χ4n) is 4.36. The van der Waals surface area contributed by atoms with Crippen LogP contribution in [0.15, 0.2) is 46.9 Å². The zero-order chi connectivity index (χ0) is 18.5. The smallest absolute Gasteiger partial charge is 0.264 e. The van der Waals surface area contributed by atoms with Crippen molar-refractivity contribution in [1.29, 1.82) is 0 Å². The lowest BCUT2D eigenvalue weighted by Gasteiger charge is -2.40. The molecule has 0 amide bonds. The van der Waals surface area contributed by atoms with Gasteiger partial charge in [-0.1, -0.05) is 47.1 Å². The second kappa shape index (κ2) is 6.66. The minimum atomic E-state index is -3.45. The molecule has 2 aromatic rings. The number of halogens is 1. The van der Waals surface area contributed by atoms with E-state index in [1.807, 2.05) is 0 Å². The van der Waals surface area contributed by atoms with Crippen molar-refractivity contribution in [3.05, 3.63) is 63.6 Å².